The molecule has 118 valence electrons. The third-order valence-corrected chi connectivity index (χ3v) is 4.69. The summed E-state index contributed by atoms with van der Waals surface area (Å²) in [5.41, 5.74) is 5.34. The molecule has 0 aromatic rings. The van der Waals surface area contributed by atoms with Crippen LogP contribution >= 0.6 is 0 Å². The van der Waals surface area contributed by atoms with Crippen molar-refractivity contribution in [2.75, 3.05) is 39.9 Å². The van der Waals surface area contributed by atoms with Crippen molar-refractivity contribution >= 4 is 5.97 Å². The summed E-state index contributed by atoms with van der Waals surface area (Å²) >= 11 is 0. The zero-order valence-electron chi connectivity index (χ0n) is 13.2. The number of hydrogen-bond acceptors (Lipinski definition) is 4. The van der Waals surface area contributed by atoms with Gasteiger partial charge in [0.1, 0.15) is 0 Å². The zero-order chi connectivity index (χ0) is 15.2. The Hall–Kier alpha value is -0.650. The molecule has 1 unspecified atom stereocenters. The van der Waals surface area contributed by atoms with Crippen LogP contribution in [0, 0.1) is 10.8 Å². The molecule has 0 aromatic carbocycles. The van der Waals surface area contributed by atoms with Gasteiger partial charge in [0.25, 0.3) is 0 Å². The van der Waals surface area contributed by atoms with Gasteiger partial charge in [0.15, 0.2) is 0 Å². The molecule has 1 aliphatic rings. The van der Waals surface area contributed by atoms with Crippen molar-refractivity contribution < 1.29 is 14.6 Å². The number of carboxylic acid groups (broad SMARTS) is 1. The second kappa shape index (κ2) is 7.38. The molecule has 0 amide bonds. The van der Waals surface area contributed by atoms with Crippen LogP contribution in [0.25, 0.3) is 0 Å². The fourth-order valence-corrected chi connectivity index (χ4v) is 3.20. The molecule has 1 rings (SSSR count). The molecule has 1 aliphatic heterocycles. The number of nitrogens with zero attached hydrogens (tertiary/aromatic N) is 1. The van der Waals surface area contributed by atoms with Gasteiger partial charge in [0, 0.05) is 25.6 Å². The summed E-state index contributed by atoms with van der Waals surface area (Å²) in [7, 11) is 1.71. The summed E-state index contributed by atoms with van der Waals surface area (Å²) in [6.07, 6.45) is 3.59. The lowest BCUT2D eigenvalue weighted by molar-refractivity contribution is -0.150. The molecule has 1 atom stereocenters. The second-order valence-electron chi connectivity index (χ2n) is 6.53. The summed E-state index contributed by atoms with van der Waals surface area (Å²) in [4.78, 5) is 13.8. The van der Waals surface area contributed by atoms with E-state index in [4.69, 9.17) is 10.5 Å². The SMILES string of the molecule is CCCC(C)(CN1CCC(CN)(COC)CC1)C(=O)O. The predicted octanol–water partition coefficient (Wildman–Crippen LogP) is 1.56. The smallest absolute Gasteiger partial charge is 0.310 e. The minimum atomic E-state index is -0.688. The number of ether oxygens (including phenoxy) is 1. The number of likely N-dealkylation sites (tertiary alicyclic amines) is 1. The summed E-state index contributed by atoms with van der Waals surface area (Å²) in [6, 6.07) is 0. The van der Waals surface area contributed by atoms with Crippen LogP contribution in [0.4, 0.5) is 0 Å². The predicted molar refractivity (Wildman–Crippen MR) is 79.7 cm³/mol. The van der Waals surface area contributed by atoms with Gasteiger partial charge in [-0.15, -0.1) is 0 Å². The lowest BCUT2D eigenvalue weighted by atomic mass is 9.78. The molecule has 1 heterocycles. The molecular formula is C15H30N2O3. The average Bonchev–Trinajstić information content (AvgIpc) is 2.41. The van der Waals surface area contributed by atoms with Crippen LogP contribution in [0.1, 0.15) is 39.5 Å². The summed E-state index contributed by atoms with van der Waals surface area (Å²) < 4.78 is 5.30. The number of carboxylic acids is 1. The van der Waals surface area contributed by atoms with E-state index in [2.05, 4.69) is 4.90 Å². The number of nitrogens with two attached hydrogens (primary N) is 1. The highest BCUT2D eigenvalue weighted by atomic mass is 16.5. The van der Waals surface area contributed by atoms with E-state index in [0.717, 1.165) is 38.8 Å². The lowest BCUT2D eigenvalue weighted by Gasteiger charge is -2.43. The average molecular weight is 286 g/mol. The van der Waals surface area contributed by atoms with Crippen molar-refractivity contribution in [2.45, 2.75) is 39.5 Å². The molecule has 5 heteroatoms. The molecule has 20 heavy (non-hydrogen) atoms. The van der Waals surface area contributed by atoms with E-state index in [1.165, 1.54) is 0 Å². The monoisotopic (exact) mass is 286 g/mol. The highest BCUT2D eigenvalue weighted by molar-refractivity contribution is 5.74. The van der Waals surface area contributed by atoms with Gasteiger partial charge in [-0.3, -0.25) is 4.79 Å². The summed E-state index contributed by atoms with van der Waals surface area (Å²) in [5, 5.41) is 9.46. The highest BCUT2D eigenvalue weighted by Crippen LogP contribution is 2.33. The molecular weight excluding hydrogens is 256 g/mol. The van der Waals surface area contributed by atoms with E-state index in [9.17, 15) is 9.90 Å². The maximum atomic E-state index is 11.5. The molecule has 1 saturated heterocycles. The molecule has 0 aromatic heterocycles. The first-order valence-electron chi connectivity index (χ1n) is 7.56. The number of rotatable bonds is 8. The second-order valence-corrected chi connectivity index (χ2v) is 6.53. The maximum Gasteiger partial charge on any atom is 0.310 e. The van der Waals surface area contributed by atoms with E-state index in [0.29, 0.717) is 19.7 Å². The standard InChI is InChI=1S/C15H30N2O3/c1-4-5-14(2,13(18)19)11-17-8-6-15(10-16,7-9-17)12-20-3/h4-12,16H2,1-3H3,(H,18,19). The lowest BCUT2D eigenvalue weighted by Crippen LogP contribution is -2.50. The minimum Gasteiger partial charge on any atom is -0.481 e. The third-order valence-electron chi connectivity index (χ3n) is 4.69. The first-order chi connectivity index (χ1) is 9.41. The first-order valence-corrected chi connectivity index (χ1v) is 7.56. The third kappa shape index (κ3) is 4.17. The quantitative estimate of drug-likeness (QED) is 0.708. The van der Waals surface area contributed by atoms with Gasteiger partial charge in [-0.05, 0) is 39.3 Å². The van der Waals surface area contributed by atoms with Crippen LogP contribution < -0.4 is 5.73 Å². The highest BCUT2D eigenvalue weighted by Gasteiger charge is 2.38. The molecule has 5 nitrogen and oxygen atoms in total. The van der Waals surface area contributed by atoms with E-state index in [1.54, 1.807) is 7.11 Å². The van der Waals surface area contributed by atoms with Gasteiger partial charge in [-0.1, -0.05) is 13.3 Å². The minimum absolute atomic E-state index is 0.0790. The van der Waals surface area contributed by atoms with Gasteiger partial charge < -0.3 is 20.5 Å². The van der Waals surface area contributed by atoms with Gasteiger partial charge >= 0.3 is 5.97 Å². The maximum absolute atomic E-state index is 11.5. The zero-order valence-corrected chi connectivity index (χ0v) is 13.2. The van der Waals surface area contributed by atoms with Crippen molar-refractivity contribution in [3.05, 3.63) is 0 Å². The summed E-state index contributed by atoms with van der Waals surface area (Å²) in [5.74, 6) is -0.688. The number of hydrogen-bond donors (Lipinski definition) is 2. The van der Waals surface area contributed by atoms with Crippen molar-refractivity contribution in [1.29, 1.82) is 0 Å². The Bertz CT molecular complexity index is 314. The first kappa shape index (κ1) is 17.4. The Morgan fingerprint density at radius 1 is 1.45 bits per heavy atom. The van der Waals surface area contributed by atoms with Gasteiger partial charge in [-0.2, -0.15) is 0 Å². The molecule has 0 spiro atoms. The fourth-order valence-electron chi connectivity index (χ4n) is 3.20. The van der Waals surface area contributed by atoms with Crippen LogP contribution in [-0.4, -0.2) is 55.9 Å². The van der Waals surface area contributed by atoms with Crippen molar-refractivity contribution in [2.24, 2.45) is 16.6 Å². The van der Waals surface area contributed by atoms with Gasteiger partial charge in [0.2, 0.25) is 0 Å². The molecule has 0 saturated carbocycles. The molecule has 0 radical (unpaired) electrons. The van der Waals surface area contributed by atoms with E-state index < -0.39 is 11.4 Å². The largest absolute Gasteiger partial charge is 0.481 e. The van der Waals surface area contributed by atoms with Crippen LogP contribution in [0.5, 0.6) is 0 Å². The van der Waals surface area contributed by atoms with Crippen LogP contribution in [0.15, 0.2) is 0 Å². The molecule has 0 bridgehead atoms. The Labute approximate surface area is 122 Å². The Kier molecular flexibility index (Phi) is 6.43. The van der Waals surface area contributed by atoms with E-state index in [-0.39, 0.29) is 5.41 Å². The molecule has 3 N–H and O–H groups in total. The van der Waals surface area contributed by atoms with Gasteiger partial charge in [0.05, 0.1) is 12.0 Å². The normalized spacial score (nSPS) is 22.4. The van der Waals surface area contributed by atoms with Gasteiger partial charge in [-0.25, -0.2) is 0 Å². The van der Waals surface area contributed by atoms with E-state index >= 15 is 0 Å². The van der Waals surface area contributed by atoms with E-state index in [1.807, 2.05) is 13.8 Å². The van der Waals surface area contributed by atoms with Crippen molar-refractivity contribution in [1.82, 2.24) is 4.90 Å². The van der Waals surface area contributed by atoms with Crippen LogP contribution in [0.3, 0.4) is 0 Å². The van der Waals surface area contributed by atoms with Crippen LogP contribution in [-0.2, 0) is 9.53 Å². The fraction of sp³-hybridized carbons (Fsp3) is 0.933. The number of aliphatic carboxylic acids is 1. The number of methoxy groups -OCH3 is 1. The molecule has 1 fully saturated rings. The number of carbonyl (C=O) groups is 1. The van der Waals surface area contributed by atoms with Crippen molar-refractivity contribution in [3.8, 4) is 0 Å². The Morgan fingerprint density at radius 2 is 2.05 bits per heavy atom. The van der Waals surface area contributed by atoms with Crippen molar-refractivity contribution in [3.63, 3.8) is 0 Å². The Morgan fingerprint density at radius 3 is 2.45 bits per heavy atom. The topological polar surface area (TPSA) is 75.8 Å². The Balaban J connectivity index is 2.58. The molecule has 0 aliphatic carbocycles. The number of piperidine rings is 1. The van der Waals surface area contributed by atoms with Crippen LogP contribution in [0.2, 0.25) is 0 Å². The summed E-state index contributed by atoms with van der Waals surface area (Å²) in [6.45, 7) is 7.68.